The summed E-state index contributed by atoms with van der Waals surface area (Å²) in [5.74, 6) is 3.62. The SMILES string of the molecule is CCOC(C)c1noc(CNC(=NC)N2CCC(C(CC)CC)C2)n1. The molecule has 25 heavy (non-hydrogen) atoms. The molecule has 0 saturated carbocycles. The molecule has 1 aromatic heterocycles. The molecule has 2 atom stereocenters. The highest BCUT2D eigenvalue weighted by molar-refractivity contribution is 5.80. The van der Waals surface area contributed by atoms with Crippen molar-refractivity contribution in [2.45, 2.75) is 59.6 Å². The quantitative estimate of drug-likeness (QED) is 0.573. The highest BCUT2D eigenvalue weighted by atomic mass is 16.5. The Kier molecular flexibility index (Phi) is 7.68. The summed E-state index contributed by atoms with van der Waals surface area (Å²) in [6.07, 6.45) is 3.60. The van der Waals surface area contributed by atoms with Gasteiger partial charge in [-0.25, -0.2) is 0 Å². The van der Waals surface area contributed by atoms with Crippen molar-refractivity contribution in [2.75, 3.05) is 26.7 Å². The minimum absolute atomic E-state index is 0.152. The van der Waals surface area contributed by atoms with Crippen LogP contribution in [0.5, 0.6) is 0 Å². The lowest BCUT2D eigenvalue weighted by Gasteiger charge is -2.23. The molecule has 1 aliphatic heterocycles. The maximum absolute atomic E-state index is 5.49. The number of rotatable bonds is 8. The summed E-state index contributed by atoms with van der Waals surface area (Å²) in [4.78, 5) is 11.1. The fraction of sp³-hybridized carbons (Fsp3) is 0.833. The summed E-state index contributed by atoms with van der Waals surface area (Å²) in [7, 11) is 1.82. The summed E-state index contributed by atoms with van der Waals surface area (Å²) in [6, 6.07) is 0. The molecule has 1 fully saturated rings. The van der Waals surface area contributed by atoms with Gasteiger partial charge in [0.15, 0.2) is 11.8 Å². The molecule has 142 valence electrons. The van der Waals surface area contributed by atoms with Gasteiger partial charge < -0.3 is 19.5 Å². The van der Waals surface area contributed by atoms with Gasteiger partial charge in [0, 0.05) is 26.7 Å². The summed E-state index contributed by atoms with van der Waals surface area (Å²) >= 11 is 0. The van der Waals surface area contributed by atoms with Crippen LogP contribution in [0.1, 0.15) is 64.8 Å². The van der Waals surface area contributed by atoms with Gasteiger partial charge in [0.05, 0.1) is 6.54 Å². The number of hydrogen-bond acceptors (Lipinski definition) is 5. The third kappa shape index (κ3) is 5.17. The molecule has 0 spiro atoms. The summed E-state index contributed by atoms with van der Waals surface area (Å²) < 4.78 is 10.8. The van der Waals surface area contributed by atoms with Crippen LogP contribution in [0.15, 0.2) is 9.52 Å². The van der Waals surface area contributed by atoms with Crippen LogP contribution in [0, 0.1) is 11.8 Å². The monoisotopic (exact) mass is 351 g/mol. The third-order valence-corrected chi connectivity index (χ3v) is 5.11. The molecular formula is C18H33N5O2. The van der Waals surface area contributed by atoms with E-state index < -0.39 is 0 Å². The minimum Gasteiger partial charge on any atom is -0.371 e. The van der Waals surface area contributed by atoms with Crippen LogP contribution < -0.4 is 5.32 Å². The van der Waals surface area contributed by atoms with Crippen molar-refractivity contribution in [2.24, 2.45) is 16.8 Å². The standard InChI is InChI=1S/C18H33N5O2/c1-6-14(7-2)15-9-10-23(12-15)18(19-5)20-11-16-21-17(22-25-16)13(4)24-8-3/h13-15H,6-12H2,1-5H3,(H,19,20). The third-order valence-electron chi connectivity index (χ3n) is 5.11. The van der Waals surface area contributed by atoms with Crippen LogP contribution in [-0.2, 0) is 11.3 Å². The summed E-state index contributed by atoms with van der Waals surface area (Å²) in [5, 5.41) is 7.34. The van der Waals surface area contributed by atoms with Crippen molar-refractivity contribution < 1.29 is 9.26 Å². The zero-order valence-corrected chi connectivity index (χ0v) is 16.3. The Labute approximate surface area is 151 Å². The van der Waals surface area contributed by atoms with E-state index in [0.717, 1.165) is 30.9 Å². The van der Waals surface area contributed by atoms with E-state index in [2.05, 4.69) is 39.2 Å². The number of aromatic nitrogens is 2. The minimum atomic E-state index is -0.152. The van der Waals surface area contributed by atoms with Crippen LogP contribution in [-0.4, -0.2) is 47.7 Å². The maximum Gasteiger partial charge on any atom is 0.246 e. The maximum atomic E-state index is 5.49. The average Bonchev–Trinajstić information content (AvgIpc) is 3.27. The van der Waals surface area contributed by atoms with Crippen molar-refractivity contribution >= 4 is 5.96 Å². The number of aliphatic imine (C=N–C) groups is 1. The molecule has 1 aliphatic rings. The highest BCUT2D eigenvalue weighted by Gasteiger charge is 2.29. The molecule has 2 unspecified atom stereocenters. The number of nitrogens with zero attached hydrogens (tertiary/aromatic N) is 4. The topological polar surface area (TPSA) is 75.8 Å². The zero-order valence-electron chi connectivity index (χ0n) is 16.3. The van der Waals surface area contributed by atoms with E-state index in [9.17, 15) is 0 Å². The number of guanidine groups is 1. The first-order chi connectivity index (χ1) is 12.1. The van der Waals surface area contributed by atoms with Crippen molar-refractivity contribution in [3.63, 3.8) is 0 Å². The molecule has 1 saturated heterocycles. The Hall–Kier alpha value is -1.63. The normalized spacial score (nSPS) is 19.7. The lowest BCUT2D eigenvalue weighted by Crippen LogP contribution is -2.40. The van der Waals surface area contributed by atoms with Gasteiger partial charge in [-0.1, -0.05) is 31.8 Å². The molecule has 7 nitrogen and oxygen atoms in total. The Morgan fingerprint density at radius 1 is 1.40 bits per heavy atom. The van der Waals surface area contributed by atoms with Crippen LogP contribution in [0.4, 0.5) is 0 Å². The number of nitrogens with one attached hydrogen (secondary N) is 1. The molecule has 0 aliphatic carbocycles. The van der Waals surface area contributed by atoms with Crippen LogP contribution in [0.3, 0.4) is 0 Å². The molecule has 2 rings (SSSR count). The Bertz CT molecular complexity index is 541. The van der Waals surface area contributed by atoms with Crippen molar-refractivity contribution in [3.8, 4) is 0 Å². The van der Waals surface area contributed by atoms with Gasteiger partial charge in [-0.05, 0) is 32.1 Å². The predicted molar refractivity (Wildman–Crippen MR) is 98.3 cm³/mol. The number of likely N-dealkylation sites (tertiary alicyclic amines) is 1. The van der Waals surface area contributed by atoms with Crippen molar-refractivity contribution in [3.05, 3.63) is 11.7 Å². The first kappa shape index (κ1) is 19.7. The largest absolute Gasteiger partial charge is 0.371 e. The Morgan fingerprint density at radius 3 is 2.80 bits per heavy atom. The lowest BCUT2D eigenvalue weighted by atomic mass is 9.87. The van der Waals surface area contributed by atoms with Crippen LogP contribution in [0.25, 0.3) is 0 Å². The van der Waals surface area contributed by atoms with Gasteiger partial charge in [-0.15, -0.1) is 0 Å². The first-order valence-electron chi connectivity index (χ1n) is 9.52. The van der Waals surface area contributed by atoms with Gasteiger partial charge in [0.2, 0.25) is 5.89 Å². The van der Waals surface area contributed by atoms with Gasteiger partial charge in [0.25, 0.3) is 0 Å². The van der Waals surface area contributed by atoms with Crippen LogP contribution >= 0.6 is 0 Å². The molecule has 1 N–H and O–H groups in total. The summed E-state index contributed by atoms with van der Waals surface area (Å²) in [5.41, 5.74) is 0. The van der Waals surface area contributed by atoms with Gasteiger partial charge in [-0.2, -0.15) is 4.98 Å². The molecule has 0 aromatic carbocycles. The zero-order chi connectivity index (χ0) is 18.2. The van der Waals surface area contributed by atoms with Crippen LogP contribution in [0.2, 0.25) is 0 Å². The second kappa shape index (κ2) is 9.75. The van der Waals surface area contributed by atoms with Gasteiger partial charge in [0.1, 0.15) is 6.10 Å². The molecule has 0 bridgehead atoms. The van der Waals surface area contributed by atoms with Crippen molar-refractivity contribution in [1.82, 2.24) is 20.4 Å². The molecule has 0 amide bonds. The van der Waals surface area contributed by atoms with Gasteiger partial charge in [-0.3, -0.25) is 4.99 Å². The second-order valence-electron chi connectivity index (χ2n) is 6.62. The van der Waals surface area contributed by atoms with E-state index in [4.69, 9.17) is 9.26 Å². The Morgan fingerprint density at radius 2 is 2.16 bits per heavy atom. The molecule has 2 heterocycles. The second-order valence-corrected chi connectivity index (χ2v) is 6.62. The van der Waals surface area contributed by atoms with E-state index >= 15 is 0 Å². The van der Waals surface area contributed by atoms with E-state index in [-0.39, 0.29) is 6.10 Å². The molecule has 1 aromatic rings. The van der Waals surface area contributed by atoms with E-state index in [0.29, 0.717) is 24.9 Å². The number of hydrogen-bond donors (Lipinski definition) is 1. The van der Waals surface area contributed by atoms with Gasteiger partial charge >= 0.3 is 0 Å². The fourth-order valence-electron chi connectivity index (χ4n) is 3.64. The fourth-order valence-corrected chi connectivity index (χ4v) is 3.64. The number of ether oxygens (including phenoxy) is 1. The molecular weight excluding hydrogens is 318 g/mol. The Balaban J connectivity index is 1.87. The van der Waals surface area contributed by atoms with E-state index in [1.54, 1.807) is 0 Å². The van der Waals surface area contributed by atoms with E-state index in [1.165, 1.54) is 19.3 Å². The predicted octanol–water partition coefficient (Wildman–Crippen LogP) is 3.00. The molecule has 7 heteroatoms. The lowest BCUT2D eigenvalue weighted by molar-refractivity contribution is 0.0683. The van der Waals surface area contributed by atoms with E-state index in [1.807, 2.05) is 20.9 Å². The highest BCUT2D eigenvalue weighted by Crippen LogP contribution is 2.28. The van der Waals surface area contributed by atoms with Crippen molar-refractivity contribution in [1.29, 1.82) is 0 Å². The smallest absolute Gasteiger partial charge is 0.246 e. The summed E-state index contributed by atoms with van der Waals surface area (Å²) in [6.45, 7) is 11.7. The molecule has 0 radical (unpaired) electrons. The first-order valence-corrected chi connectivity index (χ1v) is 9.52. The average molecular weight is 351 g/mol.